The van der Waals surface area contributed by atoms with Crippen molar-refractivity contribution >= 4 is 17.6 Å². The molecule has 1 aliphatic heterocycles. The van der Waals surface area contributed by atoms with Crippen molar-refractivity contribution in [3.8, 4) is 0 Å². The molecule has 1 heterocycles. The van der Waals surface area contributed by atoms with Gasteiger partial charge in [0.05, 0.1) is 5.56 Å². The fraction of sp³-hybridized carbons (Fsp3) is 0.579. The summed E-state index contributed by atoms with van der Waals surface area (Å²) in [6.45, 7) is 7.53. The van der Waals surface area contributed by atoms with E-state index in [9.17, 15) is 27.9 Å². The van der Waals surface area contributed by atoms with Crippen LogP contribution in [0.2, 0.25) is 0 Å². The summed E-state index contributed by atoms with van der Waals surface area (Å²) in [6, 6.07) is 2.86. The van der Waals surface area contributed by atoms with Crippen LogP contribution in [0.3, 0.4) is 0 Å². The zero-order chi connectivity index (χ0) is 20.6. The maximum absolute atomic E-state index is 13.1. The Morgan fingerprint density at radius 1 is 1.26 bits per heavy atom. The zero-order valence-corrected chi connectivity index (χ0v) is 15.8. The monoisotopic (exact) mass is 386 g/mol. The molecule has 1 aromatic carbocycles. The minimum atomic E-state index is -4.49. The normalized spacial score (nSPS) is 21.8. The number of hydrogen-bond acceptors (Lipinski definition) is 3. The summed E-state index contributed by atoms with van der Waals surface area (Å²) in [4.78, 5) is 25.9. The van der Waals surface area contributed by atoms with E-state index in [2.05, 4.69) is 5.32 Å². The maximum atomic E-state index is 13.1. The molecule has 8 heteroatoms. The van der Waals surface area contributed by atoms with E-state index in [1.807, 2.05) is 6.92 Å². The number of carbonyl (C=O) groups is 2. The molecule has 0 aromatic heterocycles. The first-order valence-corrected chi connectivity index (χ1v) is 8.77. The van der Waals surface area contributed by atoms with E-state index in [-0.39, 0.29) is 11.6 Å². The number of carboxylic acid groups (broad SMARTS) is 1. The number of rotatable bonds is 4. The molecule has 2 rings (SSSR count). The zero-order valence-electron chi connectivity index (χ0n) is 15.8. The van der Waals surface area contributed by atoms with Crippen molar-refractivity contribution in [3.63, 3.8) is 0 Å². The molecule has 1 fully saturated rings. The van der Waals surface area contributed by atoms with Crippen LogP contribution >= 0.6 is 0 Å². The molecule has 1 saturated heterocycles. The van der Waals surface area contributed by atoms with Crippen molar-refractivity contribution < 1.29 is 27.9 Å². The molecule has 1 amide bonds. The van der Waals surface area contributed by atoms with Gasteiger partial charge in [0.2, 0.25) is 5.91 Å². The van der Waals surface area contributed by atoms with Gasteiger partial charge in [0.1, 0.15) is 12.1 Å². The van der Waals surface area contributed by atoms with Gasteiger partial charge < -0.3 is 15.3 Å². The molecule has 0 spiro atoms. The Labute approximate surface area is 156 Å². The number of amides is 1. The second-order valence-electron chi connectivity index (χ2n) is 8.21. The Hall–Kier alpha value is -2.25. The summed E-state index contributed by atoms with van der Waals surface area (Å²) in [5.74, 6) is -1.44. The van der Waals surface area contributed by atoms with Crippen molar-refractivity contribution in [2.75, 3.05) is 11.9 Å². The average Bonchev–Trinajstić information content (AvgIpc) is 2.92. The Bertz CT molecular complexity index is 713. The number of anilines is 1. The van der Waals surface area contributed by atoms with Crippen LogP contribution < -0.4 is 5.32 Å². The van der Waals surface area contributed by atoms with Crippen LogP contribution in [0.15, 0.2) is 24.3 Å². The van der Waals surface area contributed by atoms with E-state index in [4.69, 9.17) is 0 Å². The topological polar surface area (TPSA) is 69.6 Å². The molecule has 5 nitrogen and oxygen atoms in total. The highest BCUT2D eigenvalue weighted by molar-refractivity contribution is 5.90. The first kappa shape index (κ1) is 21.1. The highest BCUT2D eigenvalue weighted by Gasteiger charge is 2.43. The molecule has 1 aliphatic rings. The highest BCUT2D eigenvalue weighted by atomic mass is 19.4. The van der Waals surface area contributed by atoms with Crippen LogP contribution in [0.1, 0.15) is 39.7 Å². The fourth-order valence-corrected chi connectivity index (χ4v) is 3.29. The SMILES string of the molecule is C[C@@H]1C[C@@H](C(=O)O)N(C(=O)[C@@H](Nc2cccc(C(F)(F)F)c2)C(C)(C)C)C1. The third-order valence-electron chi connectivity index (χ3n) is 4.69. The van der Waals surface area contributed by atoms with Gasteiger partial charge in [0.15, 0.2) is 0 Å². The first-order chi connectivity index (χ1) is 12.3. The van der Waals surface area contributed by atoms with Crippen LogP contribution in [0.25, 0.3) is 0 Å². The molecule has 0 radical (unpaired) electrons. The van der Waals surface area contributed by atoms with Gasteiger partial charge in [-0.2, -0.15) is 13.2 Å². The summed E-state index contributed by atoms with van der Waals surface area (Å²) in [5, 5.41) is 12.3. The minimum absolute atomic E-state index is 0.0456. The second-order valence-corrected chi connectivity index (χ2v) is 8.21. The number of nitrogens with zero attached hydrogens (tertiary/aromatic N) is 1. The summed E-state index contributed by atoms with van der Waals surface area (Å²) >= 11 is 0. The van der Waals surface area contributed by atoms with E-state index in [0.717, 1.165) is 12.1 Å². The standard InChI is InChI=1S/C19H25F3N2O3/c1-11-8-14(17(26)27)24(10-11)16(25)15(18(2,3)4)23-13-7-5-6-12(9-13)19(20,21)22/h5-7,9,11,14-15,23H,8,10H2,1-4H3,(H,26,27)/t11-,14+,15-/m1/s1. The number of aliphatic carboxylic acids is 1. The number of carboxylic acids is 1. The predicted octanol–water partition coefficient (Wildman–Crippen LogP) is 3.85. The van der Waals surface area contributed by atoms with Crippen LogP contribution in [0.5, 0.6) is 0 Å². The summed E-state index contributed by atoms with van der Waals surface area (Å²) < 4.78 is 38.9. The van der Waals surface area contributed by atoms with E-state index in [0.29, 0.717) is 13.0 Å². The molecule has 150 valence electrons. The van der Waals surface area contributed by atoms with Gasteiger partial charge in [-0.25, -0.2) is 4.79 Å². The molecule has 0 aliphatic carbocycles. The molecule has 0 saturated carbocycles. The number of benzene rings is 1. The summed E-state index contributed by atoms with van der Waals surface area (Å²) in [6.07, 6.45) is -4.13. The van der Waals surface area contributed by atoms with E-state index in [1.165, 1.54) is 17.0 Å². The Morgan fingerprint density at radius 2 is 1.89 bits per heavy atom. The van der Waals surface area contributed by atoms with Gasteiger partial charge in [-0.05, 0) is 36.0 Å². The predicted molar refractivity (Wildman–Crippen MR) is 95.2 cm³/mol. The number of likely N-dealkylation sites (tertiary alicyclic amines) is 1. The van der Waals surface area contributed by atoms with Crippen molar-refractivity contribution in [2.45, 2.75) is 52.4 Å². The summed E-state index contributed by atoms with van der Waals surface area (Å²) in [5.41, 5.74) is -1.29. The largest absolute Gasteiger partial charge is 0.480 e. The van der Waals surface area contributed by atoms with Crippen LogP contribution in [0.4, 0.5) is 18.9 Å². The molecule has 1 aromatic rings. The number of alkyl halides is 3. The molecule has 0 bridgehead atoms. The van der Waals surface area contributed by atoms with E-state index < -0.39 is 41.1 Å². The van der Waals surface area contributed by atoms with E-state index in [1.54, 1.807) is 20.8 Å². The molecule has 2 N–H and O–H groups in total. The molecular formula is C19H25F3N2O3. The van der Waals surface area contributed by atoms with Crippen molar-refractivity contribution in [1.29, 1.82) is 0 Å². The number of nitrogens with one attached hydrogen (secondary N) is 1. The molecular weight excluding hydrogens is 361 g/mol. The second kappa shape index (κ2) is 7.40. The van der Waals surface area contributed by atoms with Gasteiger partial charge in [-0.3, -0.25) is 4.79 Å². The average molecular weight is 386 g/mol. The van der Waals surface area contributed by atoms with Gasteiger partial charge >= 0.3 is 12.1 Å². The molecule has 3 atom stereocenters. The van der Waals surface area contributed by atoms with Crippen LogP contribution in [-0.2, 0) is 15.8 Å². The lowest BCUT2D eigenvalue weighted by Gasteiger charge is -2.35. The van der Waals surface area contributed by atoms with Crippen LogP contribution in [-0.4, -0.2) is 40.5 Å². The number of halogens is 3. The smallest absolute Gasteiger partial charge is 0.416 e. The number of hydrogen-bond donors (Lipinski definition) is 2. The quantitative estimate of drug-likeness (QED) is 0.825. The highest BCUT2D eigenvalue weighted by Crippen LogP contribution is 2.33. The lowest BCUT2D eigenvalue weighted by Crippen LogP contribution is -2.52. The van der Waals surface area contributed by atoms with E-state index >= 15 is 0 Å². The third-order valence-corrected chi connectivity index (χ3v) is 4.69. The van der Waals surface area contributed by atoms with Gasteiger partial charge in [-0.15, -0.1) is 0 Å². The Balaban J connectivity index is 2.31. The van der Waals surface area contributed by atoms with Gasteiger partial charge in [0, 0.05) is 12.2 Å². The Kier molecular flexibility index (Phi) is 5.77. The number of carbonyl (C=O) groups excluding carboxylic acids is 1. The lowest BCUT2D eigenvalue weighted by atomic mass is 9.85. The van der Waals surface area contributed by atoms with Gasteiger partial charge in [0.25, 0.3) is 0 Å². The minimum Gasteiger partial charge on any atom is -0.480 e. The van der Waals surface area contributed by atoms with Crippen molar-refractivity contribution in [2.24, 2.45) is 11.3 Å². The molecule has 27 heavy (non-hydrogen) atoms. The fourth-order valence-electron chi connectivity index (χ4n) is 3.29. The molecule has 0 unspecified atom stereocenters. The lowest BCUT2D eigenvalue weighted by molar-refractivity contribution is -0.149. The first-order valence-electron chi connectivity index (χ1n) is 8.77. The third kappa shape index (κ3) is 4.93. The van der Waals surface area contributed by atoms with Crippen molar-refractivity contribution in [3.05, 3.63) is 29.8 Å². The Morgan fingerprint density at radius 3 is 2.41 bits per heavy atom. The van der Waals surface area contributed by atoms with Gasteiger partial charge in [-0.1, -0.05) is 33.8 Å². The van der Waals surface area contributed by atoms with Crippen LogP contribution in [0, 0.1) is 11.3 Å². The maximum Gasteiger partial charge on any atom is 0.416 e. The van der Waals surface area contributed by atoms with Crippen molar-refractivity contribution in [1.82, 2.24) is 4.90 Å². The summed E-state index contributed by atoms with van der Waals surface area (Å²) in [7, 11) is 0.